The first kappa shape index (κ1) is 24.5. The molecule has 2 N–H and O–H groups in total. The Kier molecular flexibility index (Phi) is 7.19. The van der Waals surface area contributed by atoms with Crippen molar-refractivity contribution in [1.29, 1.82) is 0 Å². The van der Waals surface area contributed by atoms with Gasteiger partial charge in [-0.1, -0.05) is 41.5 Å². The number of rotatable bonds is 7. The van der Waals surface area contributed by atoms with Gasteiger partial charge in [0.2, 0.25) is 15.2 Å². The smallest absolute Gasteiger partial charge is 0.291 e. The van der Waals surface area contributed by atoms with Crippen LogP contribution in [0.2, 0.25) is 5.02 Å². The minimum absolute atomic E-state index is 0.0201. The van der Waals surface area contributed by atoms with Crippen molar-refractivity contribution in [2.24, 2.45) is 0 Å². The van der Waals surface area contributed by atoms with E-state index >= 15 is 0 Å². The van der Waals surface area contributed by atoms with Gasteiger partial charge in [0.05, 0.1) is 15.5 Å². The Hall–Kier alpha value is -2.58. The number of hydrogen-bond acceptors (Lipinski definition) is 8. The first-order valence-corrected chi connectivity index (χ1v) is 14.3. The average Bonchev–Trinajstić information content (AvgIpc) is 3.29. The van der Waals surface area contributed by atoms with E-state index in [9.17, 15) is 21.6 Å². The fraction of sp³-hybridized carbons (Fsp3) is 0.250. The SMILES string of the molecule is O=C(Nc1nnc(S(=O)(=O)Nc2ccc(S(=O)(=O)N3CCCCC3)cc2)s1)c1ccccc1Cl. The summed E-state index contributed by atoms with van der Waals surface area (Å²) in [6, 6.07) is 11.9. The molecule has 0 saturated carbocycles. The Morgan fingerprint density at radius 3 is 2.29 bits per heavy atom. The van der Waals surface area contributed by atoms with Gasteiger partial charge >= 0.3 is 0 Å². The molecule has 0 spiro atoms. The molecule has 1 fully saturated rings. The number of hydrogen-bond donors (Lipinski definition) is 2. The van der Waals surface area contributed by atoms with Crippen LogP contribution in [0.5, 0.6) is 0 Å². The largest absolute Gasteiger partial charge is 0.296 e. The summed E-state index contributed by atoms with van der Waals surface area (Å²) in [5.74, 6) is -0.552. The fourth-order valence-corrected chi connectivity index (χ4v) is 7.02. The van der Waals surface area contributed by atoms with Crippen molar-refractivity contribution in [2.45, 2.75) is 28.5 Å². The third-order valence-electron chi connectivity index (χ3n) is 5.03. The molecule has 2 aromatic carbocycles. The summed E-state index contributed by atoms with van der Waals surface area (Å²) in [6.45, 7) is 0.951. The van der Waals surface area contributed by atoms with Gasteiger partial charge in [-0.2, -0.15) is 12.7 Å². The second-order valence-electron chi connectivity index (χ2n) is 7.40. The monoisotopic (exact) mass is 541 g/mol. The number of carbonyl (C=O) groups is 1. The van der Waals surface area contributed by atoms with E-state index in [4.69, 9.17) is 11.6 Å². The van der Waals surface area contributed by atoms with E-state index in [2.05, 4.69) is 20.2 Å². The maximum atomic E-state index is 12.7. The number of anilines is 2. The van der Waals surface area contributed by atoms with Gasteiger partial charge in [0, 0.05) is 18.8 Å². The predicted molar refractivity (Wildman–Crippen MR) is 129 cm³/mol. The molecule has 1 aliphatic rings. The van der Waals surface area contributed by atoms with Gasteiger partial charge in [0.15, 0.2) is 0 Å². The van der Waals surface area contributed by atoms with Crippen LogP contribution in [0.1, 0.15) is 29.6 Å². The van der Waals surface area contributed by atoms with Gasteiger partial charge in [-0.15, -0.1) is 10.2 Å². The molecule has 0 atom stereocenters. The average molecular weight is 542 g/mol. The number of amides is 1. The van der Waals surface area contributed by atoms with E-state index in [0.717, 1.165) is 19.3 Å². The van der Waals surface area contributed by atoms with Gasteiger partial charge < -0.3 is 0 Å². The van der Waals surface area contributed by atoms with Crippen molar-refractivity contribution < 1.29 is 21.6 Å². The second-order valence-corrected chi connectivity index (χ2v) is 12.6. The molecule has 14 heteroatoms. The van der Waals surface area contributed by atoms with E-state index in [1.807, 2.05) is 0 Å². The molecule has 0 radical (unpaired) electrons. The summed E-state index contributed by atoms with van der Waals surface area (Å²) in [5.41, 5.74) is 0.371. The first-order chi connectivity index (χ1) is 16.2. The molecule has 1 amide bonds. The molecule has 0 aliphatic carbocycles. The number of nitrogens with zero attached hydrogens (tertiary/aromatic N) is 3. The van der Waals surface area contributed by atoms with Crippen molar-refractivity contribution in [1.82, 2.24) is 14.5 Å². The molecular weight excluding hydrogens is 522 g/mol. The number of benzene rings is 2. The Morgan fingerprint density at radius 1 is 0.941 bits per heavy atom. The molecule has 1 aromatic heterocycles. The van der Waals surface area contributed by atoms with Crippen LogP contribution in [-0.2, 0) is 20.0 Å². The third-order valence-corrected chi connectivity index (χ3v) is 9.86. The zero-order valence-electron chi connectivity index (χ0n) is 17.6. The van der Waals surface area contributed by atoms with Crippen LogP contribution in [-0.4, -0.2) is 50.3 Å². The van der Waals surface area contributed by atoms with Crippen LogP contribution in [0.15, 0.2) is 57.8 Å². The van der Waals surface area contributed by atoms with Crippen molar-refractivity contribution in [2.75, 3.05) is 23.1 Å². The Morgan fingerprint density at radius 2 is 1.62 bits per heavy atom. The quantitative estimate of drug-likeness (QED) is 0.437. The number of aromatic nitrogens is 2. The van der Waals surface area contributed by atoms with Crippen LogP contribution in [0.25, 0.3) is 0 Å². The van der Waals surface area contributed by atoms with Crippen LogP contribution < -0.4 is 10.0 Å². The summed E-state index contributed by atoms with van der Waals surface area (Å²) in [4.78, 5) is 12.4. The van der Waals surface area contributed by atoms with E-state index in [1.165, 1.54) is 34.6 Å². The van der Waals surface area contributed by atoms with E-state index in [0.29, 0.717) is 24.4 Å². The minimum Gasteiger partial charge on any atom is -0.296 e. The molecule has 2 heterocycles. The molecular formula is C20H20ClN5O5S3. The molecule has 0 unspecified atom stereocenters. The first-order valence-electron chi connectivity index (χ1n) is 10.2. The number of piperidine rings is 1. The summed E-state index contributed by atoms with van der Waals surface area (Å²) in [5, 5.41) is 10.0. The van der Waals surface area contributed by atoms with Crippen LogP contribution in [0.3, 0.4) is 0 Å². The standard InChI is InChI=1S/C20H20ClN5O5S3/c21-17-7-3-2-6-16(17)18(27)22-19-23-24-20(32-19)33(28,29)25-14-8-10-15(11-9-14)34(30,31)26-12-4-1-5-13-26/h2-3,6-11,25H,1,4-5,12-13H2,(H,22,23,27). The van der Waals surface area contributed by atoms with E-state index in [-0.39, 0.29) is 30.6 Å². The minimum atomic E-state index is -4.11. The van der Waals surface area contributed by atoms with Gasteiger partial charge in [-0.05, 0) is 49.2 Å². The normalized spacial score (nSPS) is 15.1. The maximum absolute atomic E-state index is 12.7. The number of nitrogens with one attached hydrogen (secondary N) is 2. The van der Waals surface area contributed by atoms with Gasteiger partial charge in [0.1, 0.15) is 0 Å². The lowest BCUT2D eigenvalue weighted by Crippen LogP contribution is -2.35. The Labute approximate surface area is 206 Å². The predicted octanol–water partition coefficient (Wildman–Crippen LogP) is 3.42. The lowest BCUT2D eigenvalue weighted by molar-refractivity contribution is 0.102. The zero-order chi connectivity index (χ0) is 24.3. The number of sulfonamides is 2. The molecule has 180 valence electrons. The molecule has 0 bridgehead atoms. The maximum Gasteiger partial charge on any atom is 0.291 e. The van der Waals surface area contributed by atoms with Crippen LogP contribution in [0, 0.1) is 0 Å². The van der Waals surface area contributed by atoms with Crippen molar-refractivity contribution in [3.63, 3.8) is 0 Å². The van der Waals surface area contributed by atoms with Crippen molar-refractivity contribution in [3.05, 3.63) is 59.1 Å². The molecule has 4 rings (SSSR count). The van der Waals surface area contributed by atoms with Crippen molar-refractivity contribution in [3.8, 4) is 0 Å². The van der Waals surface area contributed by atoms with Gasteiger partial charge in [-0.3, -0.25) is 14.8 Å². The zero-order valence-corrected chi connectivity index (χ0v) is 20.8. The molecule has 3 aromatic rings. The van der Waals surface area contributed by atoms with Gasteiger partial charge in [-0.25, -0.2) is 8.42 Å². The molecule has 34 heavy (non-hydrogen) atoms. The van der Waals surface area contributed by atoms with Crippen LogP contribution in [0.4, 0.5) is 10.8 Å². The summed E-state index contributed by atoms with van der Waals surface area (Å²) < 4.78 is 54.3. The van der Waals surface area contributed by atoms with Gasteiger partial charge in [0.25, 0.3) is 20.3 Å². The molecule has 10 nitrogen and oxygen atoms in total. The Balaban J connectivity index is 1.45. The topological polar surface area (TPSA) is 138 Å². The number of halogens is 1. The lowest BCUT2D eigenvalue weighted by atomic mass is 10.2. The molecule has 1 aliphatic heterocycles. The second kappa shape index (κ2) is 9.96. The van der Waals surface area contributed by atoms with E-state index < -0.39 is 26.0 Å². The Bertz CT molecular complexity index is 1400. The van der Waals surface area contributed by atoms with Crippen LogP contribution >= 0.6 is 22.9 Å². The lowest BCUT2D eigenvalue weighted by Gasteiger charge is -2.25. The highest BCUT2D eigenvalue weighted by Crippen LogP contribution is 2.26. The highest BCUT2D eigenvalue weighted by molar-refractivity contribution is 7.94. The molecule has 1 saturated heterocycles. The highest BCUT2D eigenvalue weighted by atomic mass is 35.5. The third kappa shape index (κ3) is 5.39. The summed E-state index contributed by atoms with van der Waals surface area (Å²) in [7, 11) is -7.73. The van der Waals surface area contributed by atoms with Crippen molar-refractivity contribution >= 4 is 59.7 Å². The highest BCUT2D eigenvalue weighted by Gasteiger charge is 2.26. The summed E-state index contributed by atoms with van der Waals surface area (Å²) in [6.07, 6.45) is 2.64. The summed E-state index contributed by atoms with van der Waals surface area (Å²) >= 11 is 6.66. The van der Waals surface area contributed by atoms with E-state index in [1.54, 1.807) is 18.2 Å². The fourth-order valence-electron chi connectivity index (χ4n) is 3.33. The number of carbonyl (C=O) groups excluding carboxylic acids is 1.